The molecule has 0 bridgehead atoms. The number of unbranched alkanes of at least 4 members (excludes halogenated alkanes) is 3. The minimum absolute atomic E-state index is 0.0719. The Morgan fingerprint density at radius 3 is 2.67 bits per heavy atom. The molecule has 0 aliphatic rings. The van der Waals surface area contributed by atoms with E-state index in [9.17, 15) is 4.79 Å². The standard InChI is InChI=1S/C16H22O2/c1-2-18-16(17)14-10-5-3-4-7-11-15-12-8-6-9-13-15/h6-9,11-13H,2-5,10,14H2,1H3/b11-7+. The molecule has 1 aromatic rings. The van der Waals surface area contributed by atoms with E-state index in [1.807, 2.05) is 25.1 Å². The molecule has 0 saturated carbocycles. The Hall–Kier alpha value is -1.57. The van der Waals surface area contributed by atoms with Gasteiger partial charge in [0.1, 0.15) is 0 Å². The quantitative estimate of drug-likeness (QED) is 0.507. The molecule has 2 nitrogen and oxygen atoms in total. The highest BCUT2D eigenvalue weighted by molar-refractivity contribution is 5.69. The zero-order chi connectivity index (χ0) is 13.1. The fourth-order valence-electron chi connectivity index (χ4n) is 1.73. The second kappa shape index (κ2) is 9.46. The molecule has 0 fully saturated rings. The molecule has 0 aliphatic heterocycles. The summed E-state index contributed by atoms with van der Waals surface area (Å²) in [7, 11) is 0. The molecule has 0 N–H and O–H groups in total. The van der Waals surface area contributed by atoms with Gasteiger partial charge in [0.05, 0.1) is 6.61 Å². The predicted molar refractivity (Wildman–Crippen MR) is 75.2 cm³/mol. The minimum Gasteiger partial charge on any atom is -0.466 e. The van der Waals surface area contributed by atoms with Gasteiger partial charge >= 0.3 is 5.97 Å². The first-order chi connectivity index (χ1) is 8.83. The molecule has 0 atom stereocenters. The number of ether oxygens (including phenoxy) is 1. The normalized spacial score (nSPS) is 10.7. The third-order valence-electron chi connectivity index (χ3n) is 2.67. The van der Waals surface area contributed by atoms with Crippen molar-refractivity contribution in [3.63, 3.8) is 0 Å². The zero-order valence-corrected chi connectivity index (χ0v) is 11.1. The highest BCUT2D eigenvalue weighted by Gasteiger charge is 1.99. The van der Waals surface area contributed by atoms with Gasteiger partial charge < -0.3 is 4.74 Å². The lowest BCUT2D eigenvalue weighted by molar-refractivity contribution is -0.143. The van der Waals surface area contributed by atoms with Crippen molar-refractivity contribution >= 4 is 12.0 Å². The molecule has 1 aromatic carbocycles. The lowest BCUT2D eigenvalue weighted by atomic mass is 10.1. The van der Waals surface area contributed by atoms with E-state index in [4.69, 9.17) is 4.74 Å². The van der Waals surface area contributed by atoms with E-state index in [0.29, 0.717) is 13.0 Å². The summed E-state index contributed by atoms with van der Waals surface area (Å²) in [5.41, 5.74) is 1.24. The largest absolute Gasteiger partial charge is 0.466 e. The van der Waals surface area contributed by atoms with Crippen LogP contribution in [0.5, 0.6) is 0 Å². The second-order valence-electron chi connectivity index (χ2n) is 4.22. The number of hydrogen-bond donors (Lipinski definition) is 0. The van der Waals surface area contributed by atoms with Gasteiger partial charge in [-0.1, -0.05) is 48.9 Å². The number of benzene rings is 1. The van der Waals surface area contributed by atoms with Crippen molar-refractivity contribution in [2.75, 3.05) is 6.61 Å². The van der Waals surface area contributed by atoms with Gasteiger partial charge in [0.2, 0.25) is 0 Å². The monoisotopic (exact) mass is 246 g/mol. The molecule has 18 heavy (non-hydrogen) atoms. The number of carbonyl (C=O) groups is 1. The highest BCUT2D eigenvalue weighted by Crippen LogP contribution is 2.07. The van der Waals surface area contributed by atoms with Crippen molar-refractivity contribution in [3.8, 4) is 0 Å². The molecular formula is C16H22O2. The van der Waals surface area contributed by atoms with Crippen LogP contribution >= 0.6 is 0 Å². The number of rotatable bonds is 8. The van der Waals surface area contributed by atoms with Crippen molar-refractivity contribution in [3.05, 3.63) is 42.0 Å². The third kappa shape index (κ3) is 6.89. The summed E-state index contributed by atoms with van der Waals surface area (Å²) in [4.78, 5) is 11.1. The molecule has 0 spiro atoms. The highest BCUT2D eigenvalue weighted by atomic mass is 16.5. The van der Waals surface area contributed by atoms with Crippen LogP contribution in [0, 0.1) is 0 Å². The summed E-state index contributed by atoms with van der Waals surface area (Å²) in [6, 6.07) is 10.3. The summed E-state index contributed by atoms with van der Waals surface area (Å²) >= 11 is 0. The van der Waals surface area contributed by atoms with Crippen molar-refractivity contribution in [1.82, 2.24) is 0 Å². The predicted octanol–water partition coefficient (Wildman–Crippen LogP) is 4.21. The Bertz CT molecular complexity index is 355. The van der Waals surface area contributed by atoms with Crippen molar-refractivity contribution < 1.29 is 9.53 Å². The van der Waals surface area contributed by atoms with Crippen LogP contribution in [0.4, 0.5) is 0 Å². The van der Waals surface area contributed by atoms with Crippen LogP contribution in [-0.2, 0) is 9.53 Å². The number of hydrogen-bond acceptors (Lipinski definition) is 2. The average molecular weight is 246 g/mol. The maximum Gasteiger partial charge on any atom is 0.305 e. The summed E-state index contributed by atoms with van der Waals surface area (Å²) in [5, 5.41) is 0. The summed E-state index contributed by atoms with van der Waals surface area (Å²) in [5.74, 6) is -0.0719. The first-order valence-electron chi connectivity index (χ1n) is 6.70. The van der Waals surface area contributed by atoms with Gasteiger partial charge in [-0.3, -0.25) is 4.79 Å². The van der Waals surface area contributed by atoms with Crippen LogP contribution in [0.15, 0.2) is 36.4 Å². The van der Waals surface area contributed by atoms with Crippen LogP contribution in [0.25, 0.3) is 6.08 Å². The van der Waals surface area contributed by atoms with Gasteiger partial charge in [0.15, 0.2) is 0 Å². The first-order valence-corrected chi connectivity index (χ1v) is 6.70. The third-order valence-corrected chi connectivity index (χ3v) is 2.67. The van der Waals surface area contributed by atoms with E-state index in [1.54, 1.807) is 0 Å². The Labute approximate surface area is 110 Å². The molecule has 2 heteroatoms. The Kier molecular flexibility index (Phi) is 7.61. The maximum absolute atomic E-state index is 11.1. The summed E-state index contributed by atoms with van der Waals surface area (Å²) in [6.07, 6.45) is 9.09. The average Bonchev–Trinajstić information content (AvgIpc) is 2.39. The van der Waals surface area contributed by atoms with Gasteiger partial charge in [-0.15, -0.1) is 0 Å². The molecule has 0 radical (unpaired) electrons. The fraction of sp³-hybridized carbons (Fsp3) is 0.438. The van der Waals surface area contributed by atoms with Crippen LogP contribution in [0.2, 0.25) is 0 Å². The fourth-order valence-corrected chi connectivity index (χ4v) is 1.73. The number of esters is 1. The molecule has 0 unspecified atom stereocenters. The van der Waals surface area contributed by atoms with Gasteiger partial charge in [0.25, 0.3) is 0 Å². The summed E-state index contributed by atoms with van der Waals surface area (Å²) < 4.78 is 4.87. The topological polar surface area (TPSA) is 26.3 Å². The molecular weight excluding hydrogens is 224 g/mol. The second-order valence-corrected chi connectivity index (χ2v) is 4.22. The van der Waals surface area contributed by atoms with Gasteiger partial charge in [0, 0.05) is 6.42 Å². The summed E-state index contributed by atoms with van der Waals surface area (Å²) in [6.45, 7) is 2.32. The molecule has 0 saturated heterocycles. The van der Waals surface area contributed by atoms with Crippen LogP contribution in [0.1, 0.15) is 44.6 Å². The van der Waals surface area contributed by atoms with Crippen molar-refractivity contribution in [1.29, 1.82) is 0 Å². The Morgan fingerprint density at radius 1 is 1.17 bits per heavy atom. The lowest BCUT2D eigenvalue weighted by Gasteiger charge is -2.00. The van der Waals surface area contributed by atoms with Gasteiger partial charge in [-0.25, -0.2) is 0 Å². The maximum atomic E-state index is 11.1. The molecule has 0 aromatic heterocycles. The van der Waals surface area contributed by atoms with Gasteiger partial charge in [-0.05, 0) is 31.7 Å². The van der Waals surface area contributed by atoms with E-state index in [2.05, 4.69) is 24.3 Å². The molecule has 98 valence electrons. The Morgan fingerprint density at radius 2 is 1.94 bits per heavy atom. The van der Waals surface area contributed by atoms with E-state index in [0.717, 1.165) is 25.7 Å². The van der Waals surface area contributed by atoms with Crippen molar-refractivity contribution in [2.45, 2.75) is 39.0 Å². The smallest absolute Gasteiger partial charge is 0.305 e. The first kappa shape index (κ1) is 14.5. The Balaban J connectivity index is 2.02. The van der Waals surface area contributed by atoms with Crippen LogP contribution < -0.4 is 0 Å². The molecule has 0 heterocycles. The number of allylic oxidation sites excluding steroid dienone is 1. The van der Waals surface area contributed by atoms with Crippen molar-refractivity contribution in [2.24, 2.45) is 0 Å². The van der Waals surface area contributed by atoms with Gasteiger partial charge in [-0.2, -0.15) is 0 Å². The minimum atomic E-state index is -0.0719. The zero-order valence-electron chi connectivity index (χ0n) is 11.1. The lowest BCUT2D eigenvalue weighted by Crippen LogP contribution is -2.02. The molecule has 0 aliphatic carbocycles. The molecule has 0 amide bonds. The van der Waals surface area contributed by atoms with E-state index in [-0.39, 0.29) is 5.97 Å². The van der Waals surface area contributed by atoms with Crippen LogP contribution in [-0.4, -0.2) is 12.6 Å². The van der Waals surface area contributed by atoms with E-state index >= 15 is 0 Å². The van der Waals surface area contributed by atoms with E-state index < -0.39 is 0 Å². The molecule has 1 rings (SSSR count). The van der Waals surface area contributed by atoms with E-state index in [1.165, 1.54) is 5.56 Å². The number of carbonyl (C=O) groups excluding carboxylic acids is 1. The van der Waals surface area contributed by atoms with Crippen LogP contribution in [0.3, 0.4) is 0 Å². The SMILES string of the molecule is CCOC(=O)CCCCC/C=C/c1ccccc1.